The van der Waals surface area contributed by atoms with Crippen LogP contribution in [0.5, 0.6) is 11.5 Å². The van der Waals surface area contributed by atoms with Crippen molar-refractivity contribution in [1.82, 2.24) is 0 Å². The first kappa shape index (κ1) is 13.9. The van der Waals surface area contributed by atoms with Gasteiger partial charge < -0.3 is 9.47 Å². The molecule has 0 amide bonds. The van der Waals surface area contributed by atoms with Crippen molar-refractivity contribution in [1.29, 1.82) is 0 Å². The van der Waals surface area contributed by atoms with Crippen molar-refractivity contribution in [3.63, 3.8) is 0 Å². The molecule has 0 saturated carbocycles. The molecular formula is C16H23NO2. The number of aliphatic imine (C=N–C) groups is 1. The van der Waals surface area contributed by atoms with Gasteiger partial charge in [0.1, 0.15) is 0 Å². The Balaban J connectivity index is 2.17. The van der Waals surface area contributed by atoms with Crippen LogP contribution < -0.4 is 9.47 Å². The highest BCUT2D eigenvalue weighted by Crippen LogP contribution is 2.32. The third-order valence-electron chi connectivity index (χ3n) is 3.51. The first-order chi connectivity index (χ1) is 9.26. The molecule has 0 aliphatic carbocycles. The van der Waals surface area contributed by atoms with E-state index in [1.54, 1.807) is 7.11 Å². The molecule has 0 spiro atoms. The molecule has 0 radical (unpaired) electrons. The smallest absolute Gasteiger partial charge is 0.161 e. The maximum atomic E-state index is 5.87. The van der Waals surface area contributed by atoms with Crippen LogP contribution in [0.2, 0.25) is 0 Å². The lowest BCUT2D eigenvalue weighted by Gasteiger charge is -2.18. The fourth-order valence-corrected chi connectivity index (χ4v) is 2.38. The van der Waals surface area contributed by atoms with Crippen molar-refractivity contribution < 1.29 is 9.47 Å². The average molecular weight is 261 g/mol. The van der Waals surface area contributed by atoms with Gasteiger partial charge in [-0.15, -0.1) is 0 Å². The van der Waals surface area contributed by atoms with Crippen LogP contribution in [-0.2, 0) is 6.42 Å². The van der Waals surface area contributed by atoms with E-state index < -0.39 is 0 Å². The summed E-state index contributed by atoms with van der Waals surface area (Å²) in [6.07, 6.45) is 4.50. The molecule has 0 unspecified atom stereocenters. The summed E-state index contributed by atoms with van der Waals surface area (Å²) in [5.41, 5.74) is 3.61. The molecule has 0 N–H and O–H groups in total. The molecule has 0 fully saturated rings. The summed E-state index contributed by atoms with van der Waals surface area (Å²) in [6.45, 7) is 5.89. The van der Waals surface area contributed by atoms with Crippen molar-refractivity contribution in [2.24, 2.45) is 4.99 Å². The Kier molecular flexibility index (Phi) is 4.83. The molecule has 19 heavy (non-hydrogen) atoms. The zero-order valence-electron chi connectivity index (χ0n) is 12.2. The van der Waals surface area contributed by atoms with Crippen molar-refractivity contribution >= 4 is 5.71 Å². The highest BCUT2D eigenvalue weighted by atomic mass is 16.5. The van der Waals surface area contributed by atoms with E-state index in [-0.39, 0.29) is 0 Å². The SMILES string of the molecule is CCCCCOc1cc2c(cc1OC)C(C)=NCC2. The van der Waals surface area contributed by atoms with Crippen LogP contribution in [0.15, 0.2) is 17.1 Å². The lowest BCUT2D eigenvalue weighted by molar-refractivity contribution is 0.285. The molecule has 3 nitrogen and oxygen atoms in total. The molecule has 3 heteroatoms. The van der Waals surface area contributed by atoms with E-state index in [2.05, 4.69) is 31.0 Å². The van der Waals surface area contributed by atoms with Gasteiger partial charge >= 0.3 is 0 Å². The molecule has 104 valence electrons. The Morgan fingerprint density at radius 3 is 2.79 bits per heavy atom. The van der Waals surface area contributed by atoms with Crippen LogP contribution in [0.1, 0.15) is 44.2 Å². The second-order valence-electron chi connectivity index (χ2n) is 4.93. The molecule has 1 aliphatic rings. The van der Waals surface area contributed by atoms with Gasteiger partial charge in [-0.05, 0) is 37.5 Å². The molecule has 1 aromatic carbocycles. The normalized spacial score (nSPS) is 13.7. The van der Waals surface area contributed by atoms with Gasteiger partial charge in [-0.25, -0.2) is 0 Å². The maximum absolute atomic E-state index is 5.87. The number of ether oxygens (including phenoxy) is 2. The number of unbranched alkanes of at least 4 members (excludes halogenated alkanes) is 2. The summed E-state index contributed by atoms with van der Waals surface area (Å²) < 4.78 is 11.3. The monoisotopic (exact) mass is 261 g/mol. The number of methoxy groups -OCH3 is 1. The van der Waals surface area contributed by atoms with Crippen LogP contribution in [0.4, 0.5) is 0 Å². The van der Waals surface area contributed by atoms with E-state index in [9.17, 15) is 0 Å². The molecule has 2 rings (SSSR count). The van der Waals surface area contributed by atoms with E-state index >= 15 is 0 Å². The second kappa shape index (κ2) is 6.60. The van der Waals surface area contributed by atoms with Crippen molar-refractivity contribution in [3.05, 3.63) is 23.3 Å². The fraction of sp³-hybridized carbons (Fsp3) is 0.562. The van der Waals surface area contributed by atoms with Crippen molar-refractivity contribution in [2.45, 2.75) is 39.5 Å². The van der Waals surface area contributed by atoms with E-state index in [1.807, 2.05) is 0 Å². The highest BCUT2D eigenvalue weighted by Gasteiger charge is 2.16. The molecule has 1 aliphatic heterocycles. The Morgan fingerprint density at radius 1 is 1.21 bits per heavy atom. The number of fused-ring (bicyclic) bond motifs is 1. The molecule has 1 aromatic rings. The zero-order valence-corrected chi connectivity index (χ0v) is 12.2. The van der Waals surface area contributed by atoms with E-state index in [1.165, 1.54) is 24.0 Å². The Morgan fingerprint density at radius 2 is 2.05 bits per heavy atom. The summed E-state index contributed by atoms with van der Waals surface area (Å²) in [5.74, 6) is 1.68. The van der Waals surface area contributed by atoms with Crippen LogP contribution in [-0.4, -0.2) is 26.0 Å². The minimum Gasteiger partial charge on any atom is -0.493 e. The minimum absolute atomic E-state index is 0.760. The summed E-state index contributed by atoms with van der Waals surface area (Å²) in [6, 6.07) is 4.18. The summed E-state index contributed by atoms with van der Waals surface area (Å²) in [4.78, 5) is 4.48. The van der Waals surface area contributed by atoms with E-state index in [0.29, 0.717) is 0 Å². The predicted molar refractivity (Wildman–Crippen MR) is 78.8 cm³/mol. The van der Waals surface area contributed by atoms with Gasteiger partial charge in [-0.3, -0.25) is 4.99 Å². The molecule has 0 saturated heterocycles. The summed E-state index contributed by atoms with van der Waals surface area (Å²) in [7, 11) is 1.69. The summed E-state index contributed by atoms with van der Waals surface area (Å²) >= 11 is 0. The molecule has 0 aromatic heterocycles. The highest BCUT2D eigenvalue weighted by molar-refractivity contribution is 6.01. The van der Waals surface area contributed by atoms with Crippen molar-refractivity contribution in [2.75, 3.05) is 20.3 Å². The third-order valence-corrected chi connectivity index (χ3v) is 3.51. The van der Waals surface area contributed by atoms with Crippen LogP contribution in [0.3, 0.4) is 0 Å². The van der Waals surface area contributed by atoms with Gasteiger partial charge in [-0.2, -0.15) is 0 Å². The molecule has 0 bridgehead atoms. The molecule has 0 atom stereocenters. The van der Waals surface area contributed by atoms with E-state index in [4.69, 9.17) is 9.47 Å². The number of hydrogen-bond acceptors (Lipinski definition) is 3. The average Bonchev–Trinajstić information content (AvgIpc) is 2.43. The standard InChI is InChI=1S/C16H23NO2/c1-4-5-6-9-19-16-10-13-7-8-17-12(2)14(13)11-15(16)18-3/h10-11H,4-9H2,1-3H3. The Hall–Kier alpha value is -1.51. The van der Waals surface area contributed by atoms with Gasteiger partial charge in [0, 0.05) is 17.8 Å². The second-order valence-corrected chi connectivity index (χ2v) is 4.93. The number of benzene rings is 1. The number of nitrogens with zero attached hydrogens (tertiary/aromatic N) is 1. The van der Waals surface area contributed by atoms with Gasteiger partial charge in [0.25, 0.3) is 0 Å². The third kappa shape index (κ3) is 3.28. The first-order valence-corrected chi connectivity index (χ1v) is 7.11. The van der Waals surface area contributed by atoms with Gasteiger partial charge in [0.15, 0.2) is 11.5 Å². The Bertz CT molecular complexity index is 466. The lowest BCUT2D eigenvalue weighted by Crippen LogP contribution is -2.11. The Labute approximate surface area is 115 Å². The quantitative estimate of drug-likeness (QED) is 0.732. The molecular weight excluding hydrogens is 238 g/mol. The topological polar surface area (TPSA) is 30.8 Å². The van der Waals surface area contributed by atoms with Gasteiger partial charge in [0.05, 0.1) is 13.7 Å². The maximum Gasteiger partial charge on any atom is 0.161 e. The predicted octanol–water partition coefficient (Wildman–Crippen LogP) is 3.63. The minimum atomic E-state index is 0.760. The zero-order chi connectivity index (χ0) is 13.7. The fourth-order valence-electron chi connectivity index (χ4n) is 2.38. The number of hydrogen-bond donors (Lipinski definition) is 0. The lowest BCUT2D eigenvalue weighted by atomic mass is 9.97. The number of rotatable bonds is 6. The van der Waals surface area contributed by atoms with Gasteiger partial charge in [0.2, 0.25) is 0 Å². The first-order valence-electron chi connectivity index (χ1n) is 7.11. The molecule has 1 heterocycles. The summed E-state index contributed by atoms with van der Waals surface area (Å²) in [5, 5.41) is 0. The van der Waals surface area contributed by atoms with Crippen LogP contribution in [0, 0.1) is 0 Å². The van der Waals surface area contributed by atoms with Crippen molar-refractivity contribution in [3.8, 4) is 11.5 Å². The van der Waals surface area contributed by atoms with Crippen LogP contribution in [0.25, 0.3) is 0 Å². The van der Waals surface area contributed by atoms with Gasteiger partial charge in [-0.1, -0.05) is 19.8 Å². The van der Waals surface area contributed by atoms with E-state index in [0.717, 1.165) is 43.2 Å². The largest absolute Gasteiger partial charge is 0.493 e. The van der Waals surface area contributed by atoms with Crippen LogP contribution >= 0.6 is 0 Å².